The highest BCUT2D eigenvalue weighted by Crippen LogP contribution is 2.25. The van der Waals surface area contributed by atoms with E-state index in [0.717, 1.165) is 4.88 Å². The Bertz CT molecular complexity index is 597. The molecule has 1 aromatic heterocycles. The molecule has 0 saturated carbocycles. The van der Waals surface area contributed by atoms with Crippen molar-refractivity contribution in [2.45, 2.75) is 17.7 Å². The highest BCUT2D eigenvalue weighted by Gasteiger charge is 2.27. The van der Waals surface area contributed by atoms with E-state index in [2.05, 4.69) is 10.3 Å². The molecule has 1 aromatic rings. The van der Waals surface area contributed by atoms with Crippen LogP contribution in [0.2, 0.25) is 0 Å². The first-order valence-electron chi connectivity index (χ1n) is 6.74. The number of sulfonamides is 1. The highest BCUT2D eigenvalue weighted by molar-refractivity contribution is 14.0. The predicted octanol–water partition coefficient (Wildman–Crippen LogP) is 0.811. The van der Waals surface area contributed by atoms with Crippen molar-refractivity contribution in [3.63, 3.8) is 0 Å². The van der Waals surface area contributed by atoms with Gasteiger partial charge in [0.2, 0.25) is 0 Å². The van der Waals surface area contributed by atoms with Gasteiger partial charge in [-0.2, -0.15) is 4.31 Å². The first-order valence-corrected chi connectivity index (χ1v) is 9.00. The highest BCUT2D eigenvalue weighted by atomic mass is 127. The summed E-state index contributed by atoms with van der Waals surface area (Å²) in [6.45, 7) is 4.71. The number of nitrogens with zero attached hydrogens (tertiary/aromatic N) is 2. The van der Waals surface area contributed by atoms with Crippen molar-refractivity contribution >= 4 is 51.3 Å². The van der Waals surface area contributed by atoms with Crippen LogP contribution in [0, 0.1) is 0 Å². The number of ether oxygens (including phenoxy) is 1. The van der Waals surface area contributed by atoms with Gasteiger partial charge in [0, 0.05) is 24.5 Å². The lowest BCUT2D eigenvalue weighted by atomic mass is 10.5. The lowest BCUT2D eigenvalue weighted by molar-refractivity contribution is 0.0731. The number of rotatable bonds is 5. The molecule has 1 aliphatic rings. The molecule has 22 heavy (non-hydrogen) atoms. The van der Waals surface area contributed by atoms with E-state index >= 15 is 0 Å². The summed E-state index contributed by atoms with van der Waals surface area (Å²) in [5.74, 6) is 0.364. The fourth-order valence-electron chi connectivity index (χ4n) is 1.90. The van der Waals surface area contributed by atoms with Crippen LogP contribution in [0.4, 0.5) is 0 Å². The van der Waals surface area contributed by atoms with Crippen LogP contribution >= 0.6 is 35.3 Å². The summed E-state index contributed by atoms with van der Waals surface area (Å²) in [5.41, 5.74) is 5.64. The van der Waals surface area contributed by atoms with Gasteiger partial charge in [-0.15, -0.1) is 35.3 Å². The Balaban J connectivity index is 0.00000242. The van der Waals surface area contributed by atoms with E-state index in [4.69, 9.17) is 10.5 Å². The summed E-state index contributed by atoms with van der Waals surface area (Å²) in [6, 6.07) is 3.41. The fraction of sp³-hybridized carbons (Fsp3) is 0.583. The number of hydrogen-bond acceptors (Lipinski definition) is 5. The summed E-state index contributed by atoms with van der Waals surface area (Å²) in [7, 11) is -3.41. The van der Waals surface area contributed by atoms with Gasteiger partial charge >= 0.3 is 0 Å². The first-order chi connectivity index (χ1) is 10.0. The molecule has 1 saturated heterocycles. The predicted molar refractivity (Wildman–Crippen MR) is 98.3 cm³/mol. The van der Waals surface area contributed by atoms with E-state index < -0.39 is 10.0 Å². The minimum atomic E-state index is -3.41. The second-order valence-corrected chi connectivity index (χ2v) is 7.80. The Hall–Kier alpha value is -0.430. The average Bonchev–Trinajstić information content (AvgIpc) is 2.96. The Morgan fingerprint density at radius 3 is 2.77 bits per heavy atom. The molecule has 3 N–H and O–H groups in total. The largest absolute Gasteiger partial charge is 0.379 e. The molecule has 7 nitrogen and oxygen atoms in total. The molecule has 0 bridgehead atoms. The van der Waals surface area contributed by atoms with Gasteiger partial charge in [-0.3, -0.25) is 0 Å². The molecule has 2 rings (SSSR count). The molecule has 0 atom stereocenters. The number of guanidine groups is 1. The first kappa shape index (κ1) is 19.6. The number of hydrogen-bond donors (Lipinski definition) is 2. The third-order valence-corrected chi connectivity index (χ3v) is 6.40. The molecule has 0 radical (unpaired) electrons. The van der Waals surface area contributed by atoms with Gasteiger partial charge in [0.1, 0.15) is 4.21 Å². The summed E-state index contributed by atoms with van der Waals surface area (Å²) < 4.78 is 31.9. The quantitative estimate of drug-likeness (QED) is 0.385. The van der Waals surface area contributed by atoms with Crippen molar-refractivity contribution in [2.24, 2.45) is 10.7 Å². The zero-order chi connectivity index (χ0) is 15.3. The molecule has 126 valence electrons. The molecular weight excluding hydrogens is 439 g/mol. The minimum Gasteiger partial charge on any atom is -0.379 e. The molecule has 2 heterocycles. The van der Waals surface area contributed by atoms with Gasteiger partial charge in [-0.05, 0) is 19.1 Å². The SMILES string of the molecule is CCNC(N)=NCc1ccc(S(=O)(=O)N2CCOCC2)s1.I. The molecule has 1 fully saturated rings. The lowest BCUT2D eigenvalue weighted by Crippen LogP contribution is -2.40. The number of nitrogens with two attached hydrogens (primary N) is 1. The van der Waals surface area contributed by atoms with E-state index in [0.29, 0.717) is 49.6 Å². The normalized spacial score (nSPS) is 17.0. The van der Waals surface area contributed by atoms with Crippen molar-refractivity contribution in [3.8, 4) is 0 Å². The monoisotopic (exact) mass is 460 g/mol. The molecule has 1 aliphatic heterocycles. The average molecular weight is 460 g/mol. The Labute approximate surface area is 152 Å². The molecule has 0 amide bonds. The summed E-state index contributed by atoms with van der Waals surface area (Å²) >= 11 is 1.23. The standard InChI is InChI=1S/C12H20N4O3S2.HI/c1-2-14-12(13)15-9-10-3-4-11(20-10)21(17,18)16-5-7-19-8-6-16;/h3-4H,2,5-9H2,1H3,(H3,13,14,15);1H. The van der Waals surface area contributed by atoms with Crippen LogP contribution in [0.1, 0.15) is 11.8 Å². The maximum atomic E-state index is 12.4. The molecule has 0 aliphatic carbocycles. The van der Waals surface area contributed by atoms with Gasteiger partial charge < -0.3 is 15.8 Å². The molecule has 0 spiro atoms. The third kappa shape index (κ3) is 5.05. The van der Waals surface area contributed by atoms with Crippen LogP contribution in [0.5, 0.6) is 0 Å². The van der Waals surface area contributed by atoms with Gasteiger partial charge in [-0.1, -0.05) is 0 Å². The number of aliphatic imine (C=N–C) groups is 1. The Morgan fingerprint density at radius 1 is 1.45 bits per heavy atom. The molecule has 10 heteroatoms. The van der Waals surface area contributed by atoms with Crippen molar-refractivity contribution in [3.05, 3.63) is 17.0 Å². The second kappa shape index (κ2) is 9.01. The fourth-order valence-corrected chi connectivity index (χ4v) is 4.74. The van der Waals surface area contributed by atoms with Crippen LogP contribution in [-0.2, 0) is 21.3 Å². The number of nitrogens with one attached hydrogen (secondary N) is 1. The van der Waals surface area contributed by atoms with Crippen molar-refractivity contribution < 1.29 is 13.2 Å². The summed E-state index contributed by atoms with van der Waals surface area (Å²) in [6.07, 6.45) is 0. The smallest absolute Gasteiger partial charge is 0.252 e. The second-order valence-electron chi connectivity index (χ2n) is 4.47. The van der Waals surface area contributed by atoms with Gasteiger partial charge in [0.05, 0.1) is 19.8 Å². The van der Waals surface area contributed by atoms with Gasteiger partial charge in [0.15, 0.2) is 5.96 Å². The van der Waals surface area contributed by atoms with Crippen LogP contribution in [0.3, 0.4) is 0 Å². The van der Waals surface area contributed by atoms with Gasteiger partial charge in [0.25, 0.3) is 10.0 Å². The lowest BCUT2D eigenvalue weighted by Gasteiger charge is -2.25. The van der Waals surface area contributed by atoms with Crippen molar-refractivity contribution in [2.75, 3.05) is 32.8 Å². The van der Waals surface area contributed by atoms with Crippen LogP contribution in [0.25, 0.3) is 0 Å². The zero-order valence-electron chi connectivity index (χ0n) is 12.3. The molecule has 0 aromatic carbocycles. The van der Waals surface area contributed by atoms with Gasteiger partial charge in [-0.25, -0.2) is 13.4 Å². The van der Waals surface area contributed by atoms with Crippen LogP contribution < -0.4 is 11.1 Å². The third-order valence-electron chi connectivity index (χ3n) is 2.96. The number of halogens is 1. The van der Waals surface area contributed by atoms with Crippen molar-refractivity contribution in [1.82, 2.24) is 9.62 Å². The maximum Gasteiger partial charge on any atom is 0.252 e. The number of morpholine rings is 1. The maximum absolute atomic E-state index is 12.4. The molecule has 0 unspecified atom stereocenters. The summed E-state index contributed by atoms with van der Waals surface area (Å²) in [4.78, 5) is 5.02. The van der Waals surface area contributed by atoms with E-state index in [1.807, 2.05) is 6.92 Å². The topological polar surface area (TPSA) is 97.0 Å². The zero-order valence-corrected chi connectivity index (χ0v) is 16.3. The minimum absolute atomic E-state index is 0. The Morgan fingerprint density at radius 2 is 2.14 bits per heavy atom. The van der Waals surface area contributed by atoms with E-state index in [1.54, 1.807) is 12.1 Å². The van der Waals surface area contributed by atoms with Crippen molar-refractivity contribution in [1.29, 1.82) is 0 Å². The van der Waals surface area contributed by atoms with Crippen LogP contribution in [0.15, 0.2) is 21.3 Å². The number of thiophene rings is 1. The van der Waals surface area contributed by atoms with Crippen LogP contribution in [-0.4, -0.2) is 51.5 Å². The Kier molecular flexibility index (Phi) is 8.03. The van der Waals surface area contributed by atoms with E-state index in [1.165, 1.54) is 15.6 Å². The van der Waals surface area contributed by atoms with E-state index in [-0.39, 0.29) is 24.0 Å². The molecular formula is C12H21IN4O3S2. The van der Waals surface area contributed by atoms with E-state index in [9.17, 15) is 8.42 Å². The summed E-state index contributed by atoms with van der Waals surface area (Å²) in [5, 5.41) is 2.90.